The van der Waals surface area contributed by atoms with E-state index in [1.54, 1.807) is 19.1 Å². The molecule has 0 spiro atoms. The zero-order valence-corrected chi connectivity index (χ0v) is 5.73. The van der Waals surface area contributed by atoms with Gasteiger partial charge in [0.15, 0.2) is 0 Å². The molecule has 0 saturated heterocycles. The van der Waals surface area contributed by atoms with Crippen LogP contribution in [0.15, 0.2) is 24.3 Å². The largest absolute Gasteiger partial charge is 0.397 e. The Kier molecular flexibility index (Phi) is 21.2. The number of aliphatic hydroxyl groups excluding tert-OH is 1. The van der Waals surface area contributed by atoms with E-state index in [1.807, 2.05) is 0 Å². The molecule has 0 aromatic heterocycles. The Labute approximate surface area is 55.3 Å². The molecule has 0 bridgehead atoms. The first kappa shape index (κ1) is 10.7. The van der Waals surface area contributed by atoms with Gasteiger partial charge in [-0.25, -0.2) is 0 Å². The molecule has 8 heavy (non-hydrogen) atoms. The molecule has 0 saturated carbocycles. The van der Waals surface area contributed by atoms with Crippen LogP contribution < -0.4 is 0 Å². The molecule has 1 N–H and O–H groups in total. The van der Waals surface area contributed by atoms with Crippen molar-refractivity contribution in [3.05, 3.63) is 24.3 Å². The summed E-state index contributed by atoms with van der Waals surface area (Å²) in [6.45, 7) is 5.31. The Morgan fingerprint density at radius 1 is 1.75 bits per heavy atom. The number of rotatable bonds is 1. The lowest BCUT2D eigenvalue weighted by Crippen LogP contribution is -1.57. The van der Waals surface area contributed by atoms with Crippen molar-refractivity contribution in [2.45, 2.75) is 6.92 Å². The van der Waals surface area contributed by atoms with E-state index in [-0.39, 0.29) is 6.61 Å². The van der Waals surface area contributed by atoms with E-state index in [0.29, 0.717) is 0 Å². The quantitative estimate of drug-likeness (QED) is 0.544. The summed E-state index contributed by atoms with van der Waals surface area (Å²) in [5.74, 6) is 0. The Hall–Kier alpha value is -0.270. The maximum absolute atomic E-state index is 7.57. The molecular formula is C6H11ClO. The molecular weight excluding hydrogens is 124 g/mol. The van der Waals surface area contributed by atoms with Crippen LogP contribution in [0.4, 0.5) is 0 Å². The summed E-state index contributed by atoms with van der Waals surface area (Å²) in [4.78, 5) is 0. The van der Waals surface area contributed by atoms with Crippen LogP contribution in [-0.2, 0) is 0 Å². The van der Waals surface area contributed by atoms with Gasteiger partial charge in [-0.05, 0) is 6.92 Å². The molecule has 0 unspecified atom stereocenters. The van der Waals surface area contributed by atoms with Crippen LogP contribution in [0.25, 0.3) is 0 Å². The van der Waals surface area contributed by atoms with Crippen LogP contribution in [-0.4, -0.2) is 11.7 Å². The average Bonchev–Trinajstić information content (AvgIpc) is 1.71. The predicted molar refractivity (Wildman–Crippen MR) is 37.9 cm³/mol. The summed E-state index contributed by atoms with van der Waals surface area (Å²) < 4.78 is 0. The van der Waals surface area contributed by atoms with Crippen LogP contribution in [0, 0.1) is 0 Å². The van der Waals surface area contributed by atoms with E-state index in [9.17, 15) is 0 Å². The second-order valence-corrected chi connectivity index (χ2v) is 1.12. The van der Waals surface area contributed by atoms with Crippen molar-refractivity contribution in [1.29, 1.82) is 0 Å². The molecule has 0 fully saturated rings. The lowest BCUT2D eigenvalue weighted by Gasteiger charge is -1.53. The van der Waals surface area contributed by atoms with Gasteiger partial charge in [-0.15, -0.1) is 0 Å². The van der Waals surface area contributed by atoms with E-state index in [1.165, 1.54) is 5.54 Å². The second kappa shape index (κ2) is 15.9. The molecule has 0 aliphatic rings. The highest BCUT2D eigenvalue weighted by Crippen LogP contribution is 1.74. The normalized spacial score (nSPS) is 7.88. The van der Waals surface area contributed by atoms with Crippen molar-refractivity contribution in [3.63, 3.8) is 0 Å². The summed E-state index contributed by atoms with van der Waals surface area (Å²) in [6.07, 6.45) is 3.27. The zero-order chi connectivity index (χ0) is 6.83. The van der Waals surface area contributed by atoms with Gasteiger partial charge in [-0.1, -0.05) is 30.3 Å². The number of hydrogen-bond acceptors (Lipinski definition) is 1. The third-order valence-electron chi connectivity index (χ3n) is 0.209. The van der Waals surface area contributed by atoms with E-state index in [2.05, 4.69) is 6.58 Å². The van der Waals surface area contributed by atoms with Gasteiger partial charge in [0.25, 0.3) is 0 Å². The number of halogens is 1. The summed E-state index contributed by atoms with van der Waals surface area (Å²) in [5, 5.41) is 7.57. The third kappa shape index (κ3) is 42.8. The first-order valence-corrected chi connectivity index (χ1v) is 2.75. The smallest absolute Gasteiger partial charge is 0.0402 e. The molecule has 0 radical (unpaired) electrons. The molecule has 2 heteroatoms. The summed E-state index contributed by atoms with van der Waals surface area (Å²) in [6, 6.07) is 0. The summed E-state index contributed by atoms with van der Waals surface area (Å²) >= 11 is 5.05. The Morgan fingerprint density at radius 3 is 2.12 bits per heavy atom. The topological polar surface area (TPSA) is 20.2 Å². The van der Waals surface area contributed by atoms with Crippen molar-refractivity contribution in [3.8, 4) is 0 Å². The van der Waals surface area contributed by atoms with Gasteiger partial charge in [0.2, 0.25) is 0 Å². The van der Waals surface area contributed by atoms with E-state index in [4.69, 9.17) is 16.7 Å². The molecule has 0 aromatic carbocycles. The number of allylic oxidation sites excluding steroid dienone is 2. The van der Waals surface area contributed by atoms with Crippen LogP contribution in [0.5, 0.6) is 0 Å². The molecule has 0 aromatic rings. The van der Waals surface area contributed by atoms with Crippen molar-refractivity contribution < 1.29 is 5.11 Å². The van der Waals surface area contributed by atoms with Gasteiger partial charge in [0.1, 0.15) is 0 Å². The van der Waals surface area contributed by atoms with Crippen molar-refractivity contribution in [2.75, 3.05) is 6.61 Å². The van der Waals surface area contributed by atoms with Crippen LogP contribution in [0.1, 0.15) is 6.92 Å². The summed E-state index contributed by atoms with van der Waals surface area (Å²) in [5.41, 5.74) is 1.41. The highest BCUT2D eigenvalue weighted by atomic mass is 35.5. The Morgan fingerprint density at radius 2 is 2.12 bits per heavy atom. The van der Waals surface area contributed by atoms with Crippen LogP contribution in [0.3, 0.4) is 0 Å². The van der Waals surface area contributed by atoms with E-state index >= 15 is 0 Å². The lowest BCUT2D eigenvalue weighted by atomic mass is 10.6. The van der Waals surface area contributed by atoms with Crippen molar-refractivity contribution in [2.24, 2.45) is 0 Å². The SMILES string of the molecule is C=CC=CCl.CCO. The van der Waals surface area contributed by atoms with Crippen LogP contribution >= 0.6 is 11.6 Å². The summed E-state index contributed by atoms with van der Waals surface area (Å²) in [7, 11) is 0. The fraction of sp³-hybridized carbons (Fsp3) is 0.333. The lowest BCUT2D eigenvalue weighted by molar-refractivity contribution is 0.318. The minimum Gasteiger partial charge on any atom is -0.397 e. The van der Waals surface area contributed by atoms with Crippen molar-refractivity contribution in [1.82, 2.24) is 0 Å². The monoisotopic (exact) mass is 134 g/mol. The minimum atomic E-state index is 0.250. The third-order valence-corrected chi connectivity index (χ3v) is 0.354. The first-order chi connectivity index (χ1) is 3.83. The Bertz CT molecular complexity index is 59.5. The Balaban J connectivity index is 0. The van der Waals surface area contributed by atoms with Gasteiger partial charge in [0.05, 0.1) is 0 Å². The number of hydrogen-bond donors (Lipinski definition) is 1. The van der Waals surface area contributed by atoms with Crippen LogP contribution in [0.2, 0.25) is 0 Å². The molecule has 0 aliphatic heterocycles. The highest BCUT2D eigenvalue weighted by molar-refractivity contribution is 6.25. The first-order valence-electron chi connectivity index (χ1n) is 2.32. The molecule has 0 heterocycles. The standard InChI is InChI=1S/C4H5Cl.C2H6O/c1-2-3-4-5;1-2-3/h2-4H,1H2;3H,2H2,1H3. The van der Waals surface area contributed by atoms with E-state index in [0.717, 1.165) is 0 Å². The van der Waals surface area contributed by atoms with Gasteiger partial charge < -0.3 is 5.11 Å². The molecule has 1 nitrogen and oxygen atoms in total. The predicted octanol–water partition coefficient (Wildman–Crippen LogP) is 1.92. The molecule has 0 rings (SSSR count). The van der Waals surface area contributed by atoms with Gasteiger partial charge in [-0.2, -0.15) is 0 Å². The minimum absolute atomic E-state index is 0.250. The van der Waals surface area contributed by atoms with Gasteiger partial charge in [0, 0.05) is 12.1 Å². The second-order valence-electron chi connectivity index (χ2n) is 0.870. The van der Waals surface area contributed by atoms with Gasteiger partial charge in [-0.3, -0.25) is 0 Å². The van der Waals surface area contributed by atoms with Gasteiger partial charge >= 0.3 is 0 Å². The maximum atomic E-state index is 7.57. The van der Waals surface area contributed by atoms with Crippen molar-refractivity contribution >= 4 is 11.6 Å². The van der Waals surface area contributed by atoms with E-state index < -0.39 is 0 Å². The molecule has 0 amide bonds. The molecule has 0 atom stereocenters. The fourth-order valence-corrected chi connectivity index (χ4v) is 0.154. The maximum Gasteiger partial charge on any atom is 0.0402 e. The molecule has 48 valence electrons. The highest BCUT2D eigenvalue weighted by Gasteiger charge is 1.44. The zero-order valence-electron chi connectivity index (χ0n) is 4.97. The average molecular weight is 135 g/mol. The molecule has 0 aliphatic carbocycles. The number of aliphatic hydroxyl groups is 1. The fourth-order valence-electron chi connectivity index (χ4n) is 0.0514.